The summed E-state index contributed by atoms with van der Waals surface area (Å²) < 4.78 is 96.5. The Hall–Kier alpha value is -2.27. The average molecular weight is 706 g/mol. The summed E-state index contributed by atoms with van der Waals surface area (Å²) in [6.07, 6.45) is 11.0. The van der Waals surface area contributed by atoms with Crippen molar-refractivity contribution >= 4 is 35.8 Å². The van der Waals surface area contributed by atoms with Crippen LogP contribution in [0, 0.1) is 6.92 Å². The fourth-order valence-electron chi connectivity index (χ4n) is 4.88. The van der Waals surface area contributed by atoms with Gasteiger partial charge >= 0.3 is 0 Å². The quantitative estimate of drug-likeness (QED) is 0.101. The number of aromatic hydroxyl groups is 1. The number of benzene rings is 2. The van der Waals surface area contributed by atoms with Crippen molar-refractivity contribution < 1.29 is 39.8 Å². The highest BCUT2D eigenvalue weighted by atomic mass is 32.2. The molecule has 0 aliphatic heterocycles. The van der Waals surface area contributed by atoms with Gasteiger partial charge in [-0.05, 0) is 43.2 Å². The molecule has 0 atom stereocenters. The third-order valence-electron chi connectivity index (χ3n) is 7.48. The van der Waals surface area contributed by atoms with E-state index in [0.29, 0.717) is 6.42 Å². The number of ether oxygens (including phenoxy) is 2. The van der Waals surface area contributed by atoms with E-state index >= 15 is 0 Å². The van der Waals surface area contributed by atoms with Crippen LogP contribution in [0.2, 0.25) is 0 Å². The smallest absolute Gasteiger partial charge is 0.263 e. The van der Waals surface area contributed by atoms with Gasteiger partial charge in [0.15, 0.2) is 0 Å². The molecule has 0 aliphatic rings. The molecule has 2 aromatic rings. The summed E-state index contributed by atoms with van der Waals surface area (Å²) in [6.45, 7) is 3.87. The third-order valence-corrected chi connectivity index (χ3v) is 12.5. The van der Waals surface area contributed by atoms with Crippen LogP contribution in [0.4, 0.5) is 5.69 Å². The number of sulfonamides is 3. The van der Waals surface area contributed by atoms with Crippen molar-refractivity contribution in [2.45, 2.75) is 92.7 Å². The van der Waals surface area contributed by atoms with E-state index in [4.69, 9.17) is 9.47 Å². The van der Waals surface area contributed by atoms with E-state index in [9.17, 15) is 30.4 Å². The number of nitrogens with one attached hydrogen (secondary N) is 2. The number of hydrogen-bond donors (Lipinski definition) is 3. The molecule has 0 amide bonds. The first kappa shape index (κ1) is 39.9. The van der Waals surface area contributed by atoms with Gasteiger partial charge < -0.3 is 14.6 Å². The van der Waals surface area contributed by atoms with Crippen LogP contribution in [0.25, 0.3) is 0 Å². The lowest BCUT2D eigenvalue weighted by molar-refractivity contribution is 0.150. The Morgan fingerprint density at radius 3 is 1.74 bits per heavy atom. The second kappa shape index (κ2) is 19.5. The summed E-state index contributed by atoms with van der Waals surface area (Å²) in [5.41, 5.74) is -0.0749. The minimum atomic E-state index is -4.52. The second-order valence-electron chi connectivity index (χ2n) is 11.2. The molecule has 0 radical (unpaired) electrons. The van der Waals surface area contributed by atoms with Crippen LogP contribution in [-0.2, 0) is 39.5 Å². The van der Waals surface area contributed by atoms with E-state index in [1.54, 1.807) is 0 Å². The molecule has 0 heterocycles. The van der Waals surface area contributed by atoms with Crippen LogP contribution in [0.5, 0.6) is 5.75 Å². The minimum absolute atomic E-state index is 0.0337. The molecular formula is C31H51N3O9S3. The van der Waals surface area contributed by atoms with Crippen LogP contribution in [0.15, 0.2) is 51.1 Å². The van der Waals surface area contributed by atoms with Gasteiger partial charge in [0.05, 0.1) is 18.9 Å². The maximum atomic E-state index is 13.5. The number of methoxy groups -OCH3 is 2. The molecule has 0 aromatic heterocycles. The molecule has 46 heavy (non-hydrogen) atoms. The van der Waals surface area contributed by atoms with Gasteiger partial charge in [-0.3, -0.25) is 4.72 Å². The fourth-order valence-corrected chi connectivity index (χ4v) is 9.42. The Balaban J connectivity index is 2.19. The van der Waals surface area contributed by atoms with Gasteiger partial charge in [-0.1, -0.05) is 76.8 Å². The van der Waals surface area contributed by atoms with Crippen molar-refractivity contribution in [2.75, 3.05) is 51.8 Å². The van der Waals surface area contributed by atoms with E-state index in [0.717, 1.165) is 29.6 Å². The Bertz CT molecular complexity index is 1540. The van der Waals surface area contributed by atoms with Gasteiger partial charge in [-0.2, -0.15) is 4.31 Å². The number of aryl methyl sites for hydroxylation is 1. The van der Waals surface area contributed by atoms with Crippen LogP contribution >= 0.6 is 0 Å². The largest absolute Gasteiger partial charge is 0.506 e. The van der Waals surface area contributed by atoms with Gasteiger partial charge in [-0.15, -0.1) is 0 Å². The van der Waals surface area contributed by atoms with E-state index in [-0.39, 0.29) is 44.1 Å². The molecule has 2 aromatic carbocycles. The van der Waals surface area contributed by atoms with Gasteiger partial charge in [-0.25, -0.2) is 30.0 Å². The van der Waals surface area contributed by atoms with Gasteiger partial charge in [0.1, 0.15) is 20.4 Å². The monoisotopic (exact) mass is 705 g/mol. The zero-order valence-electron chi connectivity index (χ0n) is 27.5. The highest BCUT2D eigenvalue weighted by molar-refractivity contribution is 7.94. The summed E-state index contributed by atoms with van der Waals surface area (Å²) >= 11 is 0. The first-order valence-electron chi connectivity index (χ1n) is 15.7. The first-order valence-corrected chi connectivity index (χ1v) is 20.2. The normalized spacial score (nSPS) is 12.5. The Morgan fingerprint density at radius 1 is 0.717 bits per heavy atom. The molecule has 0 bridgehead atoms. The molecule has 3 N–H and O–H groups in total. The standard InChI is InChI=1S/C31H51N3O9S3/c1-5-6-7-8-9-10-11-12-13-16-19-32-44(36,37)28-17-14-15-18-29(28)45(38,39)33-27-24-26(2)31(35)30(25-27)46(40,41)34(20-22-42-3)21-23-43-4/h14-15,17-18,24-25,32-33,35H,5-13,16,19-23H2,1-4H3. The van der Waals surface area contributed by atoms with Crippen molar-refractivity contribution in [2.24, 2.45) is 0 Å². The van der Waals surface area contributed by atoms with E-state index in [1.165, 1.54) is 90.0 Å². The van der Waals surface area contributed by atoms with Crippen molar-refractivity contribution in [1.29, 1.82) is 0 Å². The van der Waals surface area contributed by atoms with Gasteiger partial charge in [0, 0.05) is 33.9 Å². The summed E-state index contributed by atoms with van der Waals surface area (Å²) in [5, 5.41) is 10.7. The highest BCUT2D eigenvalue weighted by Crippen LogP contribution is 2.34. The minimum Gasteiger partial charge on any atom is -0.506 e. The van der Waals surface area contributed by atoms with Crippen molar-refractivity contribution in [1.82, 2.24) is 9.03 Å². The molecule has 0 unspecified atom stereocenters. The van der Waals surface area contributed by atoms with Crippen LogP contribution < -0.4 is 9.44 Å². The topological polar surface area (TPSA) is 168 Å². The van der Waals surface area contributed by atoms with Crippen molar-refractivity contribution in [3.05, 3.63) is 42.0 Å². The van der Waals surface area contributed by atoms with Crippen LogP contribution in [0.3, 0.4) is 0 Å². The zero-order chi connectivity index (χ0) is 34.2. The van der Waals surface area contributed by atoms with Gasteiger partial charge in [0.25, 0.3) is 10.0 Å². The predicted octanol–water partition coefficient (Wildman–Crippen LogP) is 4.98. The number of rotatable bonds is 24. The summed E-state index contributed by atoms with van der Waals surface area (Å²) in [4.78, 5) is -1.44. The molecule has 12 nitrogen and oxygen atoms in total. The highest BCUT2D eigenvalue weighted by Gasteiger charge is 2.30. The average Bonchev–Trinajstić information content (AvgIpc) is 3.01. The number of hydrogen-bond acceptors (Lipinski definition) is 9. The summed E-state index contributed by atoms with van der Waals surface area (Å²) in [7, 11) is -10.2. The molecule has 0 saturated heterocycles. The number of phenols is 1. The second-order valence-corrected chi connectivity index (χ2v) is 16.5. The molecule has 0 fully saturated rings. The number of phenolic OH excluding ortho intramolecular Hbond substituents is 1. The predicted molar refractivity (Wildman–Crippen MR) is 180 cm³/mol. The molecule has 15 heteroatoms. The van der Waals surface area contributed by atoms with Crippen molar-refractivity contribution in [3.8, 4) is 5.75 Å². The Kier molecular flexibility index (Phi) is 16.9. The number of nitrogens with zero attached hydrogens (tertiary/aromatic N) is 1. The SMILES string of the molecule is CCCCCCCCCCCCNS(=O)(=O)c1ccccc1S(=O)(=O)Nc1cc(C)c(O)c(S(=O)(=O)N(CCOC)CCOC)c1. The van der Waals surface area contributed by atoms with E-state index < -0.39 is 50.5 Å². The Morgan fingerprint density at radius 2 is 1.22 bits per heavy atom. The van der Waals surface area contributed by atoms with Crippen LogP contribution in [0.1, 0.15) is 76.7 Å². The van der Waals surface area contributed by atoms with Crippen molar-refractivity contribution in [3.63, 3.8) is 0 Å². The zero-order valence-corrected chi connectivity index (χ0v) is 29.9. The van der Waals surface area contributed by atoms with Gasteiger partial charge in [0.2, 0.25) is 20.0 Å². The lowest BCUT2D eigenvalue weighted by Gasteiger charge is -2.23. The maximum Gasteiger partial charge on any atom is 0.263 e. The van der Waals surface area contributed by atoms with E-state index in [1.807, 2.05) is 0 Å². The molecule has 2 rings (SSSR count). The first-order chi connectivity index (χ1) is 21.8. The molecule has 0 aliphatic carbocycles. The third kappa shape index (κ3) is 12.1. The Labute approximate surface area is 276 Å². The lowest BCUT2D eigenvalue weighted by Crippen LogP contribution is -2.36. The lowest BCUT2D eigenvalue weighted by atomic mass is 10.1. The van der Waals surface area contributed by atoms with Crippen LogP contribution in [-0.4, -0.2) is 81.7 Å². The molecule has 0 saturated carbocycles. The summed E-state index contributed by atoms with van der Waals surface area (Å²) in [6, 6.07) is 7.47. The van der Waals surface area contributed by atoms with E-state index in [2.05, 4.69) is 16.4 Å². The molecular weight excluding hydrogens is 655 g/mol. The number of anilines is 1. The molecule has 0 spiro atoms. The number of unbranched alkanes of at least 4 members (excludes halogenated alkanes) is 9. The molecule has 262 valence electrons. The maximum absolute atomic E-state index is 13.5. The fraction of sp³-hybridized carbons (Fsp3) is 0.613. The summed E-state index contributed by atoms with van der Waals surface area (Å²) in [5.74, 6) is -0.540.